The Morgan fingerprint density at radius 2 is 2.00 bits per heavy atom. The van der Waals surface area contributed by atoms with Crippen molar-refractivity contribution in [3.63, 3.8) is 0 Å². The van der Waals surface area contributed by atoms with Crippen molar-refractivity contribution in [2.24, 2.45) is 5.10 Å². The molecule has 0 fully saturated rings. The molecule has 2 rings (SSSR count). The summed E-state index contributed by atoms with van der Waals surface area (Å²) in [6.07, 6.45) is 1.37. The molecule has 0 aliphatic carbocycles. The number of ether oxygens (including phenoxy) is 4. The maximum Gasteiger partial charge on any atom is 0.344 e. The summed E-state index contributed by atoms with van der Waals surface area (Å²) in [6, 6.07) is 8.38. The summed E-state index contributed by atoms with van der Waals surface area (Å²) in [7, 11) is 2.93. The molecule has 11 heteroatoms. The predicted octanol–water partition coefficient (Wildman–Crippen LogP) is 1.28. The van der Waals surface area contributed by atoms with Crippen LogP contribution in [-0.2, 0) is 32.2 Å². The molecule has 1 aromatic carbocycles. The van der Waals surface area contributed by atoms with Gasteiger partial charge in [-0.05, 0) is 43.7 Å². The minimum absolute atomic E-state index is 0.0719. The number of pyridine rings is 1. The fourth-order valence-electron chi connectivity index (χ4n) is 3.00. The minimum Gasteiger partial charge on any atom is -0.493 e. The largest absolute Gasteiger partial charge is 0.493 e. The molecule has 0 radical (unpaired) electrons. The van der Waals surface area contributed by atoms with Crippen molar-refractivity contribution in [2.75, 3.05) is 27.4 Å². The van der Waals surface area contributed by atoms with E-state index < -0.39 is 17.4 Å². The molecule has 1 aromatic heterocycles. The molecule has 1 N–H and O–H groups in total. The Bertz CT molecular complexity index is 1170. The number of nitrogens with zero attached hydrogens (tertiary/aromatic N) is 3. The van der Waals surface area contributed by atoms with E-state index in [9.17, 15) is 19.6 Å². The van der Waals surface area contributed by atoms with Gasteiger partial charge in [0.2, 0.25) is 0 Å². The van der Waals surface area contributed by atoms with Gasteiger partial charge >= 0.3 is 5.97 Å². The molecule has 1 amide bonds. The van der Waals surface area contributed by atoms with Gasteiger partial charge in [-0.3, -0.25) is 9.59 Å². The van der Waals surface area contributed by atoms with Gasteiger partial charge in [-0.1, -0.05) is 0 Å². The number of hydrazone groups is 1. The Hall–Kier alpha value is -4.17. The van der Waals surface area contributed by atoms with E-state index in [1.165, 1.54) is 25.0 Å². The minimum atomic E-state index is -0.577. The Morgan fingerprint density at radius 1 is 1.24 bits per heavy atom. The van der Waals surface area contributed by atoms with Gasteiger partial charge in [-0.25, -0.2) is 10.2 Å². The Balaban J connectivity index is 2.09. The fourth-order valence-corrected chi connectivity index (χ4v) is 3.00. The van der Waals surface area contributed by atoms with E-state index in [1.807, 2.05) is 6.07 Å². The van der Waals surface area contributed by atoms with Gasteiger partial charge in [-0.15, -0.1) is 0 Å². The zero-order valence-electron chi connectivity index (χ0n) is 19.4. The first-order valence-electron chi connectivity index (χ1n) is 10.2. The first-order valence-corrected chi connectivity index (χ1v) is 10.2. The number of amides is 1. The van der Waals surface area contributed by atoms with Crippen LogP contribution < -0.4 is 20.5 Å². The smallest absolute Gasteiger partial charge is 0.344 e. The summed E-state index contributed by atoms with van der Waals surface area (Å²) in [4.78, 5) is 36.5. The highest BCUT2D eigenvalue weighted by Crippen LogP contribution is 2.27. The molecule has 0 aliphatic heterocycles. The molecule has 0 atom stereocenters. The molecule has 0 unspecified atom stereocenters. The summed E-state index contributed by atoms with van der Waals surface area (Å²) >= 11 is 0. The zero-order chi connectivity index (χ0) is 25.1. The number of esters is 1. The molecule has 0 spiro atoms. The van der Waals surface area contributed by atoms with Crippen molar-refractivity contribution < 1.29 is 28.5 Å². The highest BCUT2D eigenvalue weighted by atomic mass is 16.6. The summed E-state index contributed by atoms with van der Waals surface area (Å²) in [5.41, 5.74) is 3.22. The van der Waals surface area contributed by atoms with E-state index in [0.29, 0.717) is 28.3 Å². The van der Waals surface area contributed by atoms with E-state index in [-0.39, 0.29) is 31.9 Å². The fraction of sp³-hybridized carbons (Fsp3) is 0.348. The third-order valence-electron chi connectivity index (χ3n) is 4.54. The van der Waals surface area contributed by atoms with Crippen LogP contribution in [-0.4, -0.2) is 50.1 Å². The third-order valence-corrected chi connectivity index (χ3v) is 4.54. The van der Waals surface area contributed by atoms with Crippen LogP contribution in [0.25, 0.3) is 0 Å². The lowest BCUT2D eigenvalue weighted by atomic mass is 10.1. The van der Waals surface area contributed by atoms with Crippen LogP contribution in [0, 0.1) is 18.3 Å². The van der Waals surface area contributed by atoms with E-state index in [2.05, 4.69) is 10.5 Å². The van der Waals surface area contributed by atoms with Crippen LogP contribution in [0.3, 0.4) is 0 Å². The van der Waals surface area contributed by atoms with Crippen molar-refractivity contribution in [2.45, 2.75) is 27.0 Å². The average Bonchev–Trinajstić information content (AvgIpc) is 2.81. The van der Waals surface area contributed by atoms with E-state index in [0.717, 1.165) is 0 Å². The van der Waals surface area contributed by atoms with Gasteiger partial charge in [0.15, 0.2) is 18.1 Å². The number of rotatable bonds is 11. The number of nitriles is 1. The SMILES string of the molecule is CCOC(=O)COc1cc(/C=N/NC(=O)Cn2c(C)cc(COC)c(C#N)c2=O)ccc1OC. The van der Waals surface area contributed by atoms with E-state index >= 15 is 0 Å². The number of carbonyl (C=O) groups excluding carboxylic acids is 2. The number of benzene rings is 1. The first kappa shape index (κ1) is 26.1. The molecule has 0 saturated heterocycles. The molecule has 180 valence electrons. The van der Waals surface area contributed by atoms with Crippen LogP contribution >= 0.6 is 0 Å². The van der Waals surface area contributed by atoms with Crippen molar-refractivity contribution in [1.82, 2.24) is 9.99 Å². The maximum atomic E-state index is 12.6. The van der Waals surface area contributed by atoms with Gasteiger partial charge in [0.1, 0.15) is 18.2 Å². The predicted molar refractivity (Wildman–Crippen MR) is 122 cm³/mol. The number of carbonyl (C=O) groups is 2. The number of aryl methyl sites for hydroxylation is 1. The van der Waals surface area contributed by atoms with Crippen LogP contribution in [0.5, 0.6) is 11.5 Å². The summed E-state index contributed by atoms with van der Waals surface area (Å²) in [5, 5.41) is 13.2. The van der Waals surface area contributed by atoms with Gasteiger partial charge in [0.25, 0.3) is 11.5 Å². The third kappa shape index (κ3) is 6.91. The second kappa shape index (κ2) is 12.8. The topological polar surface area (TPSA) is 141 Å². The zero-order valence-corrected chi connectivity index (χ0v) is 19.4. The van der Waals surface area contributed by atoms with Crippen LogP contribution in [0.4, 0.5) is 0 Å². The standard InChI is InChI=1S/C23H26N4O7/c1-5-33-22(29)14-34-20-9-16(6-7-19(20)32-4)11-25-26-21(28)12-27-15(2)8-17(13-31-3)18(10-24)23(27)30/h6-9,11H,5,12-14H2,1-4H3,(H,26,28)/b25-11+. The van der Waals surface area contributed by atoms with Gasteiger partial charge < -0.3 is 23.5 Å². The highest BCUT2D eigenvalue weighted by Gasteiger charge is 2.15. The Morgan fingerprint density at radius 3 is 2.65 bits per heavy atom. The maximum absolute atomic E-state index is 12.6. The molecule has 0 bridgehead atoms. The number of methoxy groups -OCH3 is 2. The summed E-state index contributed by atoms with van der Waals surface area (Å²) in [6.45, 7) is 3.11. The van der Waals surface area contributed by atoms with Gasteiger partial charge in [0.05, 0.1) is 26.5 Å². The summed E-state index contributed by atoms with van der Waals surface area (Å²) in [5.74, 6) is -0.368. The lowest BCUT2D eigenvalue weighted by Gasteiger charge is -2.12. The second-order valence-electron chi connectivity index (χ2n) is 6.92. The van der Waals surface area contributed by atoms with Crippen molar-refractivity contribution >= 4 is 18.1 Å². The molecule has 34 heavy (non-hydrogen) atoms. The normalized spacial score (nSPS) is 10.6. The molecule has 0 saturated carbocycles. The van der Waals surface area contributed by atoms with Gasteiger partial charge in [0, 0.05) is 18.4 Å². The number of aromatic nitrogens is 1. The highest BCUT2D eigenvalue weighted by molar-refractivity contribution is 5.83. The molecule has 0 aliphatic rings. The van der Waals surface area contributed by atoms with Crippen LogP contribution in [0.1, 0.15) is 29.3 Å². The Kier molecular flexibility index (Phi) is 9.79. The van der Waals surface area contributed by atoms with Crippen LogP contribution in [0.15, 0.2) is 34.2 Å². The number of hydrogen-bond acceptors (Lipinski definition) is 9. The average molecular weight is 470 g/mol. The van der Waals surface area contributed by atoms with Crippen molar-refractivity contribution in [1.29, 1.82) is 5.26 Å². The van der Waals surface area contributed by atoms with Gasteiger partial charge in [-0.2, -0.15) is 10.4 Å². The summed E-state index contributed by atoms with van der Waals surface area (Å²) < 4.78 is 21.7. The lowest BCUT2D eigenvalue weighted by molar-refractivity contribution is -0.145. The molecular weight excluding hydrogens is 444 g/mol. The molecule has 2 aromatic rings. The number of nitrogens with one attached hydrogen (secondary N) is 1. The Labute approximate surface area is 196 Å². The molecular formula is C23H26N4O7. The monoisotopic (exact) mass is 470 g/mol. The second-order valence-corrected chi connectivity index (χ2v) is 6.92. The van der Waals surface area contributed by atoms with Crippen molar-refractivity contribution in [3.8, 4) is 17.6 Å². The quantitative estimate of drug-likeness (QED) is 0.294. The van der Waals surface area contributed by atoms with E-state index in [1.54, 1.807) is 38.1 Å². The molecule has 1 heterocycles. The first-order chi connectivity index (χ1) is 16.3. The van der Waals surface area contributed by atoms with Crippen LogP contribution in [0.2, 0.25) is 0 Å². The molecule has 11 nitrogen and oxygen atoms in total. The number of hydrogen-bond donors (Lipinski definition) is 1. The van der Waals surface area contributed by atoms with Crippen molar-refractivity contribution in [3.05, 3.63) is 57.0 Å². The van der Waals surface area contributed by atoms with E-state index in [4.69, 9.17) is 18.9 Å². The lowest BCUT2D eigenvalue weighted by Crippen LogP contribution is -2.33.